The Labute approximate surface area is 99.8 Å². The Morgan fingerprint density at radius 2 is 1.94 bits per heavy atom. The molecular weight excluding hydrogens is 196 g/mol. The predicted molar refractivity (Wildman–Crippen MR) is 70.3 cm³/mol. The van der Waals surface area contributed by atoms with Crippen LogP contribution >= 0.6 is 0 Å². The van der Waals surface area contributed by atoms with E-state index >= 15 is 0 Å². The molecule has 0 aliphatic heterocycles. The largest absolute Gasteiger partial charge is 0.493 e. The molecule has 1 aromatic carbocycles. The van der Waals surface area contributed by atoms with Gasteiger partial charge in [0.25, 0.3) is 0 Å². The molecule has 0 aliphatic rings. The van der Waals surface area contributed by atoms with Crippen LogP contribution < -0.4 is 4.74 Å². The Balaban J connectivity index is 2.60. The summed E-state index contributed by atoms with van der Waals surface area (Å²) in [5.41, 5.74) is 2.59. The highest BCUT2D eigenvalue weighted by Gasteiger charge is 2.04. The lowest BCUT2D eigenvalue weighted by Gasteiger charge is -2.12. The van der Waals surface area contributed by atoms with Crippen molar-refractivity contribution in [3.05, 3.63) is 29.3 Å². The molecule has 0 heterocycles. The van der Waals surface area contributed by atoms with Gasteiger partial charge in [0.1, 0.15) is 5.75 Å². The summed E-state index contributed by atoms with van der Waals surface area (Å²) < 4.78 is 5.83. The highest BCUT2D eigenvalue weighted by Crippen LogP contribution is 2.24. The van der Waals surface area contributed by atoms with E-state index in [2.05, 4.69) is 45.9 Å². The Hall–Kier alpha value is -0.980. The highest BCUT2D eigenvalue weighted by molar-refractivity contribution is 5.37. The van der Waals surface area contributed by atoms with Gasteiger partial charge in [0, 0.05) is 0 Å². The second-order valence-electron chi connectivity index (χ2n) is 4.74. The average Bonchev–Trinajstić information content (AvgIpc) is 2.26. The van der Waals surface area contributed by atoms with Crippen molar-refractivity contribution in [2.75, 3.05) is 6.61 Å². The van der Waals surface area contributed by atoms with E-state index in [0.717, 1.165) is 18.8 Å². The molecule has 0 spiro atoms. The van der Waals surface area contributed by atoms with E-state index < -0.39 is 0 Å². The summed E-state index contributed by atoms with van der Waals surface area (Å²) in [6.07, 6.45) is 3.65. The van der Waals surface area contributed by atoms with Crippen LogP contribution in [-0.4, -0.2) is 6.61 Å². The van der Waals surface area contributed by atoms with Gasteiger partial charge in [-0.15, -0.1) is 0 Å². The topological polar surface area (TPSA) is 9.23 Å². The van der Waals surface area contributed by atoms with Gasteiger partial charge in [-0.25, -0.2) is 0 Å². The number of ether oxygens (including phenoxy) is 1. The third-order valence-electron chi connectivity index (χ3n) is 2.88. The molecule has 1 aromatic rings. The average molecular weight is 220 g/mol. The summed E-state index contributed by atoms with van der Waals surface area (Å²) in [5.74, 6) is 1.63. The lowest BCUT2D eigenvalue weighted by Crippen LogP contribution is -2.00. The van der Waals surface area contributed by atoms with Crippen molar-refractivity contribution in [3.63, 3.8) is 0 Å². The molecule has 16 heavy (non-hydrogen) atoms. The molecule has 0 bridgehead atoms. The molecule has 0 radical (unpaired) electrons. The first-order chi connectivity index (χ1) is 7.65. The minimum absolute atomic E-state index is 0.568. The zero-order valence-electron chi connectivity index (χ0n) is 11.0. The molecule has 0 aliphatic carbocycles. The standard InChI is InChI=1S/C15H24O/c1-5-6-7-10-16-15-11-14(12(2)3)9-8-13(15)4/h8-9,11-12H,5-7,10H2,1-4H3. The van der Waals surface area contributed by atoms with E-state index in [1.54, 1.807) is 0 Å². The first kappa shape index (κ1) is 13.1. The molecule has 0 N–H and O–H groups in total. The van der Waals surface area contributed by atoms with Crippen molar-refractivity contribution in [1.82, 2.24) is 0 Å². The van der Waals surface area contributed by atoms with Crippen molar-refractivity contribution < 1.29 is 4.74 Å². The summed E-state index contributed by atoms with van der Waals surface area (Å²) in [5, 5.41) is 0. The molecule has 0 saturated carbocycles. The van der Waals surface area contributed by atoms with Crippen molar-refractivity contribution in [1.29, 1.82) is 0 Å². The number of hydrogen-bond acceptors (Lipinski definition) is 1. The van der Waals surface area contributed by atoms with E-state index in [9.17, 15) is 0 Å². The molecule has 0 atom stereocenters. The fraction of sp³-hybridized carbons (Fsp3) is 0.600. The van der Waals surface area contributed by atoms with E-state index in [0.29, 0.717) is 5.92 Å². The fourth-order valence-electron chi connectivity index (χ4n) is 1.67. The lowest BCUT2D eigenvalue weighted by atomic mass is 10.0. The van der Waals surface area contributed by atoms with Crippen LogP contribution in [0, 0.1) is 6.92 Å². The number of benzene rings is 1. The van der Waals surface area contributed by atoms with E-state index in [1.165, 1.54) is 24.0 Å². The molecule has 1 rings (SSSR count). The highest BCUT2D eigenvalue weighted by atomic mass is 16.5. The SMILES string of the molecule is CCCCCOc1cc(C(C)C)ccc1C. The third-order valence-corrected chi connectivity index (χ3v) is 2.88. The van der Waals surface area contributed by atoms with Gasteiger partial charge in [-0.05, 0) is 36.5 Å². The first-order valence-corrected chi connectivity index (χ1v) is 6.38. The van der Waals surface area contributed by atoms with Crippen LogP contribution in [0.1, 0.15) is 57.1 Å². The molecule has 0 unspecified atom stereocenters. The van der Waals surface area contributed by atoms with E-state index in [4.69, 9.17) is 4.74 Å². The number of rotatable bonds is 6. The summed E-state index contributed by atoms with van der Waals surface area (Å²) in [4.78, 5) is 0. The summed E-state index contributed by atoms with van der Waals surface area (Å²) >= 11 is 0. The maximum Gasteiger partial charge on any atom is 0.122 e. The fourth-order valence-corrected chi connectivity index (χ4v) is 1.67. The van der Waals surface area contributed by atoms with Crippen molar-refractivity contribution in [2.24, 2.45) is 0 Å². The van der Waals surface area contributed by atoms with Gasteiger partial charge in [-0.3, -0.25) is 0 Å². The van der Waals surface area contributed by atoms with Gasteiger partial charge in [-0.1, -0.05) is 45.7 Å². The van der Waals surface area contributed by atoms with Crippen LogP contribution in [0.3, 0.4) is 0 Å². The molecule has 0 saturated heterocycles. The Bertz CT molecular complexity index is 315. The number of aryl methyl sites for hydroxylation is 1. The maximum absolute atomic E-state index is 5.83. The van der Waals surface area contributed by atoms with Crippen LogP contribution in [0.4, 0.5) is 0 Å². The number of unbranched alkanes of at least 4 members (excludes halogenated alkanes) is 2. The Kier molecular flexibility index (Phi) is 5.37. The predicted octanol–water partition coefficient (Wildman–Crippen LogP) is 4.69. The van der Waals surface area contributed by atoms with Gasteiger partial charge < -0.3 is 4.74 Å². The smallest absolute Gasteiger partial charge is 0.122 e. The van der Waals surface area contributed by atoms with Crippen molar-refractivity contribution >= 4 is 0 Å². The maximum atomic E-state index is 5.83. The van der Waals surface area contributed by atoms with Crippen molar-refractivity contribution in [3.8, 4) is 5.75 Å². The number of hydrogen-bond donors (Lipinski definition) is 0. The van der Waals surface area contributed by atoms with Crippen LogP contribution in [0.25, 0.3) is 0 Å². The molecule has 90 valence electrons. The van der Waals surface area contributed by atoms with Gasteiger partial charge in [-0.2, -0.15) is 0 Å². The molecule has 1 nitrogen and oxygen atoms in total. The van der Waals surface area contributed by atoms with Gasteiger partial charge >= 0.3 is 0 Å². The van der Waals surface area contributed by atoms with Crippen LogP contribution in [0.15, 0.2) is 18.2 Å². The lowest BCUT2D eigenvalue weighted by molar-refractivity contribution is 0.304. The quantitative estimate of drug-likeness (QED) is 0.632. The van der Waals surface area contributed by atoms with Crippen LogP contribution in [-0.2, 0) is 0 Å². The summed E-state index contributed by atoms with van der Waals surface area (Å²) in [7, 11) is 0. The summed E-state index contributed by atoms with van der Waals surface area (Å²) in [6, 6.07) is 6.54. The molecule has 0 aromatic heterocycles. The molecule has 1 heteroatoms. The minimum Gasteiger partial charge on any atom is -0.493 e. The third kappa shape index (κ3) is 3.88. The van der Waals surface area contributed by atoms with Gasteiger partial charge in [0.05, 0.1) is 6.61 Å². The van der Waals surface area contributed by atoms with Crippen LogP contribution in [0.2, 0.25) is 0 Å². The molecule has 0 fully saturated rings. The Morgan fingerprint density at radius 1 is 1.19 bits per heavy atom. The van der Waals surface area contributed by atoms with Gasteiger partial charge in [0.15, 0.2) is 0 Å². The summed E-state index contributed by atoms with van der Waals surface area (Å²) in [6.45, 7) is 9.59. The normalized spacial score (nSPS) is 10.8. The first-order valence-electron chi connectivity index (χ1n) is 6.38. The van der Waals surface area contributed by atoms with E-state index in [1.807, 2.05) is 0 Å². The molecular formula is C15H24O. The molecule has 0 amide bonds. The second kappa shape index (κ2) is 6.57. The van der Waals surface area contributed by atoms with Gasteiger partial charge in [0.2, 0.25) is 0 Å². The van der Waals surface area contributed by atoms with Crippen LogP contribution in [0.5, 0.6) is 5.75 Å². The van der Waals surface area contributed by atoms with E-state index in [-0.39, 0.29) is 0 Å². The Morgan fingerprint density at radius 3 is 2.56 bits per heavy atom. The van der Waals surface area contributed by atoms with Crippen molar-refractivity contribution in [2.45, 2.75) is 52.9 Å². The second-order valence-corrected chi connectivity index (χ2v) is 4.74. The minimum atomic E-state index is 0.568. The monoisotopic (exact) mass is 220 g/mol. The zero-order chi connectivity index (χ0) is 12.0. The zero-order valence-corrected chi connectivity index (χ0v) is 11.0.